The predicted octanol–water partition coefficient (Wildman–Crippen LogP) is 4.33. The van der Waals surface area contributed by atoms with Crippen molar-refractivity contribution in [1.82, 2.24) is 5.43 Å². The average Bonchev–Trinajstić information content (AvgIpc) is 3.26. The van der Waals surface area contributed by atoms with E-state index in [1.165, 1.54) is 29.7 Å². The third-order valence-corrected chi connectivity index (χ3v) is 4.26. The molecule has 0 fully saturated rings. The van der Waals surface area contributed by atoms with E-state index in [0.29, 0.717) is 22.0 Å². The number of hydrogen-bond acceptors (Lipinski definition) is 6. The van der Waals surface area contributed by atoms with E-state index in [9.17, 15) is 14.9 Å². The first-order valence-electron chi connectivity index (χ1n) is 6.95. The van der Waals surface area contributed by atoms with Gasteiger partial charge in [-0.1, -0.05) is 17.7 Å². The van der Waals surface area contributed by atoms with Crippen LogP contribution in [0.2, 0.25) is 5.02 Å². The molecule has 126 valence electrons. The zero-order valence-electron chi connectivity index (χ0n) is 12.5. The average molecular weight is 376 g/mol. The summed E-state index contributed by atoms with van der Waals surface area (Å²) in [7, 11) is 0. The summed E-state index contributed by atoms with van der Waals surface area (Å²) in [6.07, 6.45) is 1.32. The summed E-state index contributed by atoms with van der Waals surface area (Å²) in [6, 6.07) is 10.9. The van der Waals surface area contributed by atoms with Crippen LogP contribution in [-0.2, 0) is 0 Å². The minimum absolute atomic E-state index is 0.156. The Hall–Kier alpha value is -2.97. The van der Waals surface area contributed by atoms with Crippen molar-refractivity contribution in [3.63, 3.8) is 0 Å². The first kappa shape index (κ1) is 16.9. The van der Waals surface area contributed by atoms with Gasteiger partial charge in [0.15, 0.2) is 0 Å². The van der Waals surface area contributed by atoms with Crippen LogP contribution in [0, 0.1) is 10.1 Å². The van der Waals surface area contributed by atoms with Crippen molar-refractivity contribution in [2.24, 2.45) is 5.10 Å². The lowest BCUT2D eigenvalue weighted by Gasteiger charge is -2.00. The van der Waals surface area contributed by atoms with Gasteiger partial charge in [0, 0.05) is 11.1 Å². The first-order chi connectivity index (χ1) is 12.0. The normalized spacial score (nSPS) is 10.9. The molecule has 0 unspecified atom stereocenters. The van der Waals surface area contributed by atoms with Crippen LogP contribution in [0.3, 0.4) is 0 Å². The highest BCUT2D eigenvalue weighted by Crippen LogP contribution is 2.33. The molecule has 0 aliphatic heterocycles. The number of halogens is 1. The molecule has 0 spiro atoms. The SMILES string of the molecule is O=C(NN=Cc1ccc(-c2ccc(Cl)cc2[N+](=O)[O-])o1)c1cccs1. The minimum Gasteiger partial charge on any atom is -0.455 e. The molecular formula is C16H10ClN3O4S. The summed E-state index contributed by atoms with van der Waals surface area (Å²) in [5, 5.41) is 17.0. The number of benzene rings is 1. The molecule has 1 aromatic carbocycles. The number of nitro benzene ring substituents is 1. The van der Waals surface area contributed by atoms with Gasteiger partial charge in [0.05, 0.1) is 21.6 Å². The third kappa shape index (κ3) is 3.93. The highest BCUT2D eigenvalue weighted by Gasteiger charge is 2.18. The Morgan fingerprint density at radius 1 is 1.32 bits per heavy atom. The molecule has 25 heavy (non-hydrogen) atoms. The Morgan fingerprint density at radius 2 is 2.16 bits per heavy atom. The van der Waals surface area contributed by atoms with Crippen molar-refractivity contribution in [1.29, 1.82) is 0 Å². The molecule has 0 saturated heterocycles. The lowest BCUT2D eigenvalue weighted by atomic mass is 10.1. The Labute approximate surface area is 150 Å². The van der Waals surface area contributed by atoms with Gasteiger partial charge in [0.25, 0.3) is 11.6 Å². The first-order valence-corrected chi connectivity index (χ1v) is 8.21. The smallest absolute Gasteiger partial charge is 0.281 e. The molecule has 7 nitrogen and oxygen atoms in total. The molecule has 2 aromatic heterocycles. The van der Waals surface area contributed by atoms with Crippen LogP contribution in [0.15, 0.2) is 57.4 Å². The van der Waals surface area contributed by atoms with Gasteiger partial charge < -0.3 is 4.42 Å². The molecule has 0 atom stereocenters. The fraction of sp³-hybridized carbons (Fsp3) is 0. The zero-order chi connectivity index (χ0) is 17.8. The number of carbonyl (C=O) groups excluding carboxylic acids is 1. The Bertz CT molecular complexity index is 950. The van der Waals surface area contributed by atoms with Crippen molar-refractivity contribution < 1.29 is 14.1 Å². The van der Waals surface area contributed by atoms with Crippen molar-refractivity contribution in [3.05, 3.63) is 73.6 Å². The summed E-state index contributed by atoms with van der Waals surface area (Å²) in [6.45, 7) is 0. The standard InChI is InChI=1S/C16H10ClN3O4S/c17-10-3-5-12(13(8-10)20(22)23)14-6-4-11(24-14)9-18-19-16(21)15-2-1-7-25-15/h1-9H,(H,19,21). The fourth-order valence-corrected chi connectivity index (χ4v) is 2.83. The van der Waals surface area contributed by atoms with Crippen LogP contribution >= 0.6 is 22.9 Å². The van der Waals surface area contributed by atoms with Crippen LogP contribution in [0.5, 0.6) is 0 Å². The lowest BCUT2D eigenvalue weighted by Crippen LogP contribution is -2.15. The second kappa shape index (κ2) is 7.29. The van der Waals surface area contributed by atoms with Crippen LogP contribution < -0.4 is 5.43 Å². The lowest BCUT2D eigenvalue weighted by molar-refractivity contribution is -0.384. The largest absolute Gasteiger partial charge is 0.455 e. The third-order valence-electron chi connectivity index (χ3n) is 3.15. The summed E-state index contributed by atoms with van der Waals surface area (Å²) in [5.41, 5.74) is 2.52. The Morgan fingerprint density at radius 3 is 2.88 bits per heavy atom. The Balaban J connectivity index is 1.76. The van der Waals surface area contributed by atoms with Crippen molar-refractivity contribution in [2.45, 2.75) is 0 Å². The summed E-state index contributed by atoms with van der Waals surface area (Å²) in [5.74, 6) is 0.312. The second-order valence-electron chi connectivity index (χ2n) is 4.80. The molecule has 3 aromatic rings. The molecule has 0 saturated carbocycles. The predicted molar refractivity (Wildman–Crippen MR) is 95.2 cm³/mol. The van der Waals surface area contributed by atoms with Gasteiger partial charge in [0.2, 0.25) is 0 Å². The highest BCUT2D eigenvalue weighted by atomic mass is 35.5. The number of rotatable bonds is 5. The van der Waals surface area contributed by atoms with Crippen molar-refractivity contribution in [3.8, 4) is 11.3 Å². The zero-order valence-corrected chi connectivity index (χ0v) is 14.1. The number of nitro groups is 1. The van der Waals surface area contributed by atoms with Gasteiger partial charge in [-0.2, -0.15) is 5.10 Å². The maximum Gasteiger partial charge on any atom is 0.281 e. The topological polar surface area (TPSA) is 97.7 Å². The van der Waals surface area contributed by atoms with Gasteiger partial charge in [-0.05, 0) is 35.7 Å². The Kier molecular flexibility index (Phi) is 4.92. The molecular weight excluding hydrogens is 366 g/mol. The van der Waals surface area contributed by atoms with Crippen molar-refractivity contribution >= 4 is 40.7 Å². The van der Waals surface area contributed by atoms with Crippen molar-refractivity contribution in [2.75, 3.05) is 0 Å². The molecule has 0 bridgehead atoms. The van der Waals surface area contributed by atoms with E-state index >= 15 is 0 Å². The number of amides is 1. The van der Waals surface area contributed by atoms with Gasteiger partial charge in [0.1, 0.15) is 11.5 Å². The van der Waals surface area contributed by atoms with Crippen LogP contribution in [-0.4, -0.2) is 17.0 Å². The summed E-state index contributed by atoms with van der Waals surface area (Å²) < 4.78 is 5.53. The van der Waals surface area contributed by atoms with Crippen LogP contribution in [0.25, 0.3) is 11.3 Å². The molecule has 3 rings (SSSR count). The monoisotopic (exact) mass is 375 g/mol. The van der Waals surface area contributed by atoms with E-state index in [1.807, 2.05) is 0 Å². The van der Waals surface area contributed by atoms with Gasteiger partial charge in [-0.15, -0.1) is 11.3 Å². The number of furan rings is 1. The summed E-state index contributed by atoms with van der Waals surface area (Å²) in [4.78, 5) is 22.9. The van der Waals surface area contributed by atoms with E-state index in [2.05, 4.69) is 10.5 Å². The maximum atomic E-state index is 11.7. The molecule has 1 N–H and O–H groups in total. The number of carbonyl (C=O) groups is 1. The fourth-order valence-electron chi connectivity index (χ4n) is 2.05. The molecule has 0 radical (unpaired) electrons. The quantitative estimate of drug-likeness (QED) is 0.407. The number of nitrogens with one attached hydrogen (secondary N) is 1. The maximum absolute atomic E-state index is 11.7. The number of hydrazone groups is 1. The van der Waals surface area contributed by atoms with Crippen LogP contribution in [0.1, 0.15) is 15.4 Å². The number of hydrogen-bond donors (Lipinski definition) is 1. The van der Waals surface area contributed by atoms with E-state index in [-0.39, 0.29) is 16.6 Å². The van der Waals surface area contributed by atoms with E-state index in [1.54, 1.807) is 35.7 Å². The molecule has 2 heterocycles. The highest BCUT2D eigenvalue weighted by molar-refractivity contribution is 7.12. The second-order valence-corrected chi connectivity index (χ2v) is 6.18. The molecule has 1 amide bonds. The minimum atomic E-state index is -0.529. The van der Waals surface area contributed by atoms with E-state index < -0.39 is 4.92 Å². The van der Waals surface area contributed by atoms with E-state index in [0.717, 1.165) is 0 Å². The summed E-state index contributed by atoms with van der Waals surface area (Å²) >= 11 is 7.10. The van der Waals surface area contributed by atoms with Gasteiger partial charge in [-0.25, -0.2) is 5.43 Å². The van der Waals surface area contributed by atoms with Crippen LogP contribution in [0.4, 0.5) is 5.69 Å². The molecule has 0 aliphatic rings. The molecule has 9 heteroatoms. The van der Waals surface area contributed by atoms with Gasteiger partial charge in [-0.3, -0.25) is 14.9 Å². The number of thiophene rings is 1. The number of nitrogens with zero attached hydrogens (tertiary/aromatic N) is 2. The van der Waals surface area contributed by atoms with E-state index in [4.69, 9.17) is 16.0 Å². The molecule has 0 aliphatic carbocycles. The van der Waals surface area contributed by atoms with Gasteiger partial charge >= 0.3 is 0 Å².